The third-order valence-corrected chi connectivity index (χ3v) is 3.57. The number of rotatable bonds is 1. The highest BCUT2D eigenvalue weighted by Gasteiger charge is 2.31. The first-order chi connectivity index (χ1) is 6.74. The van der Waals surface area contributed by atoms with Crippen molar-refractivity contribution in [3.63, 3.8) is 0 Å². The molecule has 1 saturated heterocycles. The van der Waals surface area contributed by atoms with Crippen LogP contribution in [-0.2, 0) is 0 Å². The van der Waals surface area contributed by atoms with Gasteiger partial charge in [0.2, 0.25) is 6.19 Å². The Labute approximate surface area is 90.2 Å². The first-order valence-electron chi connectivity index (χ1n) is 5.02. The number of amidine groups is 1. The van der Waals surface area contributed by atoms with Crippen molar-refractivity contribution in [2.24, 2.45) is 10.9 Å². The van der Waals surface area contributed by atoms with E-state index in [4.69, 9.17) is 5.26 Å². The van der Waals surface area contributed by atoms with E-state index < -0.39 is 0 Å². The van der Waals surface area contributed by atoms with Crippen LogP contribution in [-0.4, -0.2) is 28.9 Å². The summed E-state index contributed by atoms with van der Waals surface area (Å²) in [6, 6.07) is 0.564. The van der Waals surface area contributed by atoms with Crippen LogP contribution >= 0.6 is 11.8 Å². The van der Waals surface area contributed by atoms with E-state index in [1.165, 1.54) is 6.42 Å². The van der Waals surface area contributed by atoms with Crippen molar-refractivity contribution in [1.29, 1.82) is 5.26 Å². The Kier molecular flexibility index (Phi) is 4.27. The van der Waals surface area contributed by atoms with E-state index in [2.05, 4.69) is 23.7 Å². The number of nitriles is 1. The SMILES string of the molecule is CCC1C(C)CCN1C(=NC#N)SC. The minimum Gasteiger partial charge on any atom is -0.347 e. The predicted molar refractivity (Wildman–Crippen MR) is 61.1 cm³/mol. The molecule has 2 unspecified atom stereocenters. The maximum Gasteiger partial charge on any atom is 0.208 e. The van der Waals surface area contributed by atoms with Gasteiger partial charge >= 0.3 is 0 Å². The van der Waals surface area contributed by atoms with E-state index in [0.717, 1.165) is 24.1 Å². The van der Waals surface area contributed by atoms with Crippen LogP contribution in [0.25, 0.3) is 0 Å². The average molecular weight is 211 g/mol. The first kappa shape index (κ1) is 11.4. The number of likely N-dealkylation sites (tertiary alicyclic amines) is 1. The largest absolute Gasteiger partial charge is 0.347 e. The fourth-order valence-corrected chi connectivity index (χ4v) is 2.73. The lowest BCUT2D eigenvalue weighted by molar-refractivity contribution is 0.340. The lowest BCUT2D eigenvalue weighted by Crippen LogP contribution is -2.35. The molecule has 2 atom stereocenters. The van der Waals surface area contributed by atoms with Crippen molar-refractivity contribution in [3.05, 3.63) is 0 Å². The summed E-state index contributed by atoms with van der Waals surface area (Å²) in [7, 11) is 0. The highest BCUT2D eigenvalue weighted by molar-refractivity contribution is 8.13. The maximum absolute atomic E-state index is 8.58. The fourth-order valence-electron chi connectivity index (χ4n) is 2.14. The highest BCUT2D eigenvalue weighted by atomic mass is 32.2. The highest BCUT2D eigenvalue weighted by Crippen LogP contribution is 2.28. The van der Waals surface area contributed by atoms with Gasteiger partial charge in [-0.25, -0.2) is 0 Å². The summed E-state index contributed by atoms with van der Waals surface area (Å²) >= 11 is 1.57. The second-order valence-electron chi connectivity index (χ2n) is 3.63. The van der Waals surface area contributed by atoms with Gasteiger partial charge in [0.1, 0.15) is 0 Å². The summed E-state index contributed by atoms with van der Waals surface area (Å²) in [5.41, 5.74) is 0. The Morgan fingerprint density at radius 1 is 1.71 bits per heavy atom. The van der Waals surface area contributed by atoms with Crippen molar-refractivity contribution in [2.45, 2.75) is 32.7 Å². The van der Waals surface area contributed by atoms with Crippen LogP contribution in [0.15, 0.2) is 4.99 Å². The second-order valence-corrected chi connectivity index (χ2v) is 4.41. The summed E-state index contributed by atoms with van der Waals surface area (Å²) in [4.78, 5) is 6.14. The van der Waals surface area contributed by atoms with Crippen LogP contribution in [0, 0.1) is 17.4 Å². The molecule has 0 bridgehead atoms. The topological polar surface area (TPSA) is 39.4 Å². The Morgan fingerprint density at radius 2 is 2.43 bits per heavy atom. The third-order valence-electron chi connectivity index (χ3n) is 2.87. The van der Waals surface area contributed by atoms with E-state index in [0.29, 0.717) is 6.04 Å². The van der Waals surface area contributed by atoms with Crippen molar-refractivity contribution in [1.82, 2.24) is 4.90 Å². The van der Waals surface area contributed by atoms with Gasteiger partial charge in [0, 0.05) is 12.6 Å². The quantitative estimate of drug-likeness (QED) is 0.379. The lowest BCUT2D eigenvalue weighted by atomic mass is 10.0. The molecule has 0 aromatic rings. The molecule has 0 aromatic carbocycles. The molecule has 78 valence electrons. The van der Waals surface area contributed by atoms with E-state index in [1.807, 2.05) is 12.4 Å². The summed E-state index contributed by atoms with van der Waals surface area (Å²) in [6.07, 6.45) is 6.20. The van der Waals surface area contributed by atoms with E-state index in [-0.39, 0.29) is 0 Å². The van der Waals surface area contributed by atoms with Gasteiger partial charge in [-0.2, -0.15) is 5.26 Å². The molecular weight excluding hydrogens is 194 g/mol. The Bertz CT molecular complexity index is 257. The number of aliphatic imine (C=N–C) groups is 1. The molecule has 1 aliphatic heterocycles. The summed E-state index contributed by atoms with van der Waals surface area (Å²) in [5.74, 6) is 0.719. The Morgan fingerprint density at radius 3 is 2.93 bits per heavy atom. The molecule has 14 heavy (non-hydrogen) atoms. The smallest absolute Gasteiger partial charge is 0.208 e. The van der Waals surface area contributed by atoms with Gasteiger partial charge < -0.3 is 4.90 Å². The van der Waals surface area contributed by atoms with Crippen LogP contribution in [0.1, 0.15) is 26.7 Å². The zero-order chi connectivity index (χ0) is 10.6. The van der Waals surface area contributed by atoms with Gasteiger partial charge in [0.05, 0.1) is 0 Å². The summed E-state index contributed by atoms with van der Waals surface area (Å²) in [5, 5.41) is 9.45. The average Bonchev–Trinajstić information content (AvgIpc) is 2.56. The number of hydrogen-bond donors (Lipinski definition) is 0. The fraction of sp³-hybridized carbons (Fsp3) is 0.800. The number of thioether (sulfide) groups is 1. The molecule has 0 spiro atoms. The molecule has 0 N–H and O–H groups in total. The second kappa shape index (κ2) is 5.26. The molecule has 4 heteroatoms. The van der Waals surface area contributed by atoms with Crippen molar-refractivity contribution in [2.75, 3.05) is 12.8 Å². The summed E-state index contributed by atoms with van der Waals surface area (Å²) in [6.45, 7) is 5.52. The van der Waals surface area contributed by atoms with Crippen LogP contribution in [0.3, 0.4) is 0 Å². The van der Waals surface area contributed by atoms with Crippen LogP contribution in [0.5, 0.6) is 0 Å². The van der Waals surface area contributed by atoms with Gasteiger partial charge in [-0.15, -0.1) is 4.99 Å². The number of nitrogens with zero attached hydrogens (tertiary/aromatic N) is 3. The van der Waals surface area contributed by atoms with Gasteiger partial charge in [-0.3, -0.25) is 0 Å². The molecule has 0 aliphatic carbocycles. The minimum atomic E-state index is 0.564. The molecule has 3 nitrogen and oxygen atoms in total. The number of hydrogen-bond acceptors (Lipinski definition) is 3. The Hall–Kier alpha value is -0.690. The van der Waals surface area contributed by atoms with Crippen LogP contribution < -0.4 is 0 Å². The molecule has 0 radical (unpaired) electrons. The van der Waals surface area contributed by atoms with Gasteiger partial charge in [-0.05, 0) is 25.0 Å². The van der Waals surface area contributed by atoms with Gasteiger partial charge in [-0.1, -0.05) is 25.6 Å². The first-order valence-corrected chi connectivity index (χ1v) is 6.24. The van der Waals surface area contributed by atoms with Crippen molar-refractivity contribution in [3.8, 4) is 6.19 Å². The standard InChI is InChI=1S/C10H17N3S/c1-4-9-8(2)5-6-13(9)10(14-3)12-7-11/h8-9H,4-6H2,1-3H3. The van der Waals surface area contributed by atoms with E-state index >= 15 is 0 Å². The molecular formula is C10H17N3S. The van der Waals surface area contributed by atoms with Crippen LogP contribution in [0.2, 0.25) is 0 Å². The zero-order valence-electron chi connectivity index (χ0n) is 9.03. The molecule has 1 fully saturated rings. The van der Waals surface area contributed by atoms with E-state index in [1.54, 1.807) is 11.8 Å². The van der Waals surface area contributed by atoms with Gasteiger partial charge in [0.25, 0.3) is 0 Å². The minimum absolute atomic E-state index is 0.564. The maximum atomic E-state index is 8.58. The Balaban J connectivity index is 2.77. The molecule has 0 aromatic heterocycles. The normalized spacial score (nSPS) is 27.9. The summed E-state index contributed by atoms with van der Waals surface area (Å²) < 4.78 is 0. The monoisotopic (exact) mass is 211 g/mol. The molecule has 1 heterocycles. The van der Waals surface area contributed by atoms with E-state index in [9.17, 15) is 0 Å². The van der Waals surface area contributed by atoms with Gasteiger partial charge in [0.15, 0.2) is 5.17 Å². The lowest BCUT2D eigenvalue weighted by Gasteiger charge is -2.27. The molecule has 1 rings (SSSR count). The molecule has 1 aliphatic rings. The van der Waals surface area contributed by atoms with Crippen LogP contribution in [0.4, 0.5) is 0 Å². The van der Waals surface area contributed by atoms with Crippen molar-refractivity contribution < 1.29 is 0 Å². The van der Waals surface area contributed by atoms with Crippen molar-refractivity contribution >= 4 is 16.9 Å². The molecule has 0 saturated carbocycles. The zero-order valence-corrected chi connectivity index (χ0v) is 9.84. The third kappa shape index (κ3) is 2.21. The molecule has 0 amide bonds. The predicted octanol–water partition coefficient (Wildman–Crippen LogP) is 2.31.